The van der Waals surface area contributed by atoms with Gasteiger partial charge in [0.1, 0.15) is 5.82 Å². The van der Waals surface area contributed by atoms with Crippen LogP contribution >= 0.6 is 27.7 Å². The zero-order valence-electron chi connectivity index (χ0n) is 12.9. The van der Waals surface area contributed by atoms with Gasteiger partial charge in [-0.05, 0) is 37.3 Å². The van der Waals surface area contributed by atoms with E-state index in [2.05, 4.69) is 26.6 Å². The van der Waals surface area contributed by atoms with Gasteiger partial charge >= 0.3 is 0 Å². The zero-order chi connectivity index (χ0) is 17.5. The number of anilines is 2. The third kappa shape index (κ3) is 5.98. The molecule has 0 atom stereocenters. The minimum absolute atomic E-state index is 0.0663. The molecule has 24 heavy (non-hydrogen) atoms. The number of hydrogen-bond acceptors (Lipinski definition) is 3. The van der Waals surface area contributed by atoms with E-state index in [1.165, 1.54) is 12.1 Å². The molecule has 2 aromatic carbocycles. The van der Waals surface area contributed by atoms with E-state index in [1.54, 1.807) is 6.07 Å². The van der Waals surface area contributed by atoms with Gasteiger partial charge in [0, 0.05) is 10.2 Å². The van der Waals surface area contributed by atoms with Crippen LogP contribution < -0.4 is 10.6 Å². The van der Waals surface area contributed by atoms with Gasteiger partial charge in [-0.3, -0.25) is 9.59 Å². The van der Waals surface area contributed by atoms with E-state index in [9.17, 15) is 14.0 Å². The molecule has 2 rings (SSSR count). The summed E-state index contributed by atoms with van der Waals surface area (Å²) in [6.07, 6.45) is 0. The summed E-state index contributed by atoms with van der Waals surface area (Å²) >= 11 is 4.31. The summed E-state index contributed by atoms with van der Waals surface area (Å²) in [7, 11) is 0. The molecule has 0 spiro atoms. The van der Waals surface area contributed by atoms with Crippen molar-refractivity contribution in [2.24, 2.45) is 0 Å². The first-order chi connectivity index (χ1) is 11.4. The Morgan fingerprint density at radius 1 is 1.04 bits per heavy atom. The van der Waals surface area contributed by atoms with Crippen LogP contribution in [0, 0.1) is 12.7 Å². The average molecular weight is 411 g/mol. The smallest absolute Gasteiger partial charge is 0.234 e. The van der Waals surface area contributed by atoms with Gasteiger partial charge in [-0.15, -0.1) is 11.8 Å². The normalized spacial score (nSPS) is 10.3. The van der Waals surface area contributed by atoms with Crippen molar-refractivity contribution in [1.29, 1.82) is 0 Å². The molecule has 2 amide bonds. The summed E-state index contributed by atoms with van der Waals surface area (Å²) in [5, 5.41) is 5.23. The molecule has 2 N–H and O–H groups in total. The fourth-order valence-corrected chi connectivity index (χ4v) is 2.80. The van der Waals surface area contributed by atoms with E-state index in [1.807, 2.05) is 31.2 Å². The van der Waals surface area contributed by atoms with Crippen LogP contribution in [0.3, 0.4) is 0 Å². The van der Waals surface area contributed by atoms with Crippen molar-refractivity contribution in [3.05, 3.63) is 58.3 Å². The Kier molecular flexibility index (Phi) is 6.81. The number of carbonyl (C=O) groups excluding carboxylic acids is 2. The summed E-state index contributed by atoms with van der Waals surface area (Å²) in [5.41, 5.74) is 1.94. The molecule has 0 saturated carbocycles. The molecular formula is C17H16BrFN2O2S. The van der Waals surface area contributed by atoms with E-state index in [4.69, 9.17) is 0 Å². The Hall–Kier alpha value is -1.86. The van der Waals surface area contributed by atoms with E-state index in [0.717, 1.165) is 17.3 Å². The predicted molar refractivity (Wildman–Crippen MR) is 99.9 cm³/mol. The van der Waals surface area contributed by atoms with Crippen molar-refractivity contribution >= 4 is 50.9 Å². The van der Waals surface area contributed by atoms with Crippen LogP contribution in [-0.2, 0) is 9.59 Å². The Balaban J connectivity index is 1.73. The molecule has 0 aliphatic rings. The molecule has 7 heteroatoms. The van der Waals surface area contributed by atoms with Crippen LogP contribution in [0.15, 0.2) is 46.9 Å². The van der Waals surface area contributed by atoms with Crippen molar-refractivity contribution in [2.45, 2.75) is 6.92 Å². The number of halogens is 2. The minimum atomic E-state index is -0.514. The number of benzene rings is 2. The molecule has 0 aliphatic heterocycles. The quantitative estimate of drug-likeness (QED) is 0.749. The van der Waals surface area contributed by atoms with Crippen molar-refractivity contribution < 1.29 is 14.0 Å². The molecule has 0 aliphatic carbocycles. The van der Waals surface area contributed by atoms with Crippen molar-refractivity contribution in [2.75, 3.05) is 22.1 Å². The standard InChI is InChI=1S/C17H16BrFN2O2S/c1-11-2-5-13(6-3-11)20-16(22)9-24-10-17(23)21-15-7-4-12(18)8-14(15)19/h2-8H,9-10H2,1H3,(H,20,22)(H,21,23). The largest absolute Gasteiger partial charge is 0.325 e. The Morgan fingerprint density at radius 3 is 2.29 bits per heavy atom. The first-order valence-electron chi connectivity index (χ1n) is 7.13. The number of nitrogens with one attached hydrogen (secondary N) is 2. The molecule has 0 unspecified atom stereocenters. The molecule has 126 valence electrons. The molecule has 2 aromatic rings. The molecular weight excluding hydrogens is 395 g/mol. The zero-order valence-corrected chi connectivity index (χ0v) is 15.3. The maximum Gasteiger partial charge on any atom is 0.234 e. The average Bonchev–Trinajstić information content (AvgIpc) is 2.52. The van der Waals surface area contributed by atoms with Gasteiger partial charge in [0.25, 0.3) is 0 Å². The van der Waals surface area contributed by atoms with E-state index in [0.29, 0.717) is 10.2 Å². The minimum Gasteiger partial charge on any atom is -0.325 e. The van der Waals surface area contributed by atoms with Gasteiger partial charge in [0.15, 0.2) is 0 Å². The lowest BCUT2D eigenvalue weighted by atomic mass is 10.2. The first-order valence-corrected chi connectivity index (χ1v) is 9.08. The lowest BCUT2D eigenvalue weighted by Crippen LogP contribution is -2.18. The number of rotatable bonds is 6. The number of hydrogen-bond donors (Lipinski definition) is 2. The second-order valence-corrected chi connectivity index (χ2v) is 6.98. The summed E-state index contributed by atoms with van der Waals surface area (Å²) in [6.45, 7) is 1.97. The lowest BCUT2D eigenvalue weighted by molar-refractivity contribution is -0.114. The second kappa shape index (κ2) is 8.84. The highest BCUT2D eigenvalue weighted by Gasteiger charge is 2.09. The molecule has 0 bridgehead atoms. The third-order valence-electron chi connectivity index (χ3n) is 3.01. The second-order valence-electron chi connectivity index (χ2n) is 5.08. The van der Waals surface area contributed by atoms with Crippen LogP contribution in [0.1, 0.15) is 5.56 Å². The first kappa shape index (κ1) is 18.5. The monoisotopic (exact) mass is 410 g/mol. The number of aryl methyl sites for hydroxylation is 1. The van der Waals surface area contributed by atoms with Crippen LogP contribution in [-0.4, -0.2) is 23.3 Å². The Morgan fingerprint density at radius 2 is 1.67 bits per heavy atom. The van der Waals surface area contributed by atoms with Crippen LogP contribution in [0.25, 0.3) is 0 Å². The topological polar surface area (TPSA) is 58.2 Å². The van der Waals surface area contributed by atoms with Crippen LogP contribution in [0.5, 0.6) is 0 Å². The van der Waals surface area contributed by atoms with Gasteiger partial charge in [-0.2, -0.15) is 0 Å². The SMILES string of the molecule is Cc1ccc(NC(=O)CSCC(=O)Nc2ccc(Br)cc2F)cc1. The highest BCUT2D eigenvalue weighted by atomic mass is 79.9. The van der Waals surface area contributed by atoms with Crippen LogP contribution in [0.4, 0.5) is 15.8 Å². The van der Waals surface area contributed by atoms with E-state index >= 15 is 0 Å². The summed E-state index contributed by atoms with van der Waals surface area (Å²) in [5.74, 6) is -0.850. The van der Waals surface area contributed by atoms with Crippen molar-refractivity contribution in [3.8, 4) is 0 Å². The van der Waals surface area contributed by atoms with Crippen molar-refractivity contribution in [1.82, 2.24) is 0 Å². The third-order valence-corrected chi connectivity index (χ3v) is 4.43. The Labute approximate surface area is 152 Å². The maximum atomic E-state index is 13.6. The number of amides is 2. The van der Waals surface area contributed by atoms with Gasteiger partial charge in [0.05, 0.1) is 17.2 Å². The molecule has 4 nitrogen and oxygen atoms in total. The number of carbonyl (C=O) groups is 2. The molecule has 0 aromatic heterocycles. The van der Waals surface area contributed by atoms with Gasteiger partial charge < -0.3 is 10.6 Å². The maximum absolute atomic E-state index is 13.6. The fraction of sp³-hybridized carbons (Fsp3) is 0.176. The molecule has 0 heterocycles. The van der Waals surface area contributed by atoms with Gasteiger partial charge in [-0.25, -0.2) is 4.39 Å². The summed E-state index contributed by atoms with van der Waals surface area (Å²) in [4.78, 5) is 23.6. The number of thioether (sulfide) groups is 1. The highest BCUT2D eigenvalue weighted by Crippen LogP contribution is 2.19. The molecule has 0 fully saturated rings. The highest BCUT2D eigenvalue weighted by molar-refractivity contribution is 9.10. The summed E-state index contributed by atoms with van der Waals surface area (Å²) < 4.78 is 14.2. The predicted octanol–water partition coefficient (Wildman–Crippen LogP) is 4.21. The van der Waals surface area contributed by atoms with Gasteiger partial charge in [0.2, 0.25) is 11.8 Å². The lowest BCUT2D eigenvalue weighted by Gasteiger charge is -2.07. The van der Waals surface area contributed by atoms with Gasteiger partial charge in [-0.1, -0.05) is 33.6 Å². The fourth-order valence-electron chi connectivity index (χ4n) is 1.85. The summed E-state index contributed by atoms with van der Waals surface area (Å²) in [6, 6.07) is 11.8. The van der Waals surface area contributed by atoms with E-state index in [-0.39, 0.29) is 29.0 Å². The van der Waals surface area contributed by atoms with E-state index < -0.39 is 5.82 Å². The van der Waals surface area contributed by atoms with Crippen LogP contribution in [0.2, 0.25) is 0 Å². The molecule has 0 saturated heterocycles. The van der Waals surface area contributed by atoms with Crippen molar-refractivity contribution in [3.63, 3.8) is 0 Å². The Bertz CT molecular complexity index is 738. The molecule has 0 radical (unpaired) electrons.